The predicted octanol–water partition coefficient (Wildman–Crippen LogP) is 4.95. The average Bonchev–Trinajstić information content (AvgIpc) is 3.23. The van der Waals surface area contributed by atoms with Crippen molar-refractivity contribution in [1.82, 2.24) is 10.2 Å². The van der Waals surface area contributed by atoms with E-state index in [-0.39, 0.29) is 0 Å². The first-order valence-corrected chi connectivity index (χ1v) is 9.12. The molecule has 1 heterocycles. The predicted molar refractivity (Wildman–Crippen MR) is 109 cm³/mol. The van der Waals surface area contributed by atoms with E-state index in [1.54, 1.807) is 7.11 Å². The Morgan fingerprint density at radius 2 is 1.46 bits per heavy atom. The maximum atomic E-state index is 5.92. The Kier molecular flexibility index (Phi) is 5.33. The highest BCUT2D eigenvalue weighted by atomic mass is 16.5. The van der Waals surface area contributed by atoms with Crippen molar-refractivity contribution in [3.63, 3.8) is 0 Å². The SMILES string of the molecule is COc1ccc(N(Cc2ccccc2)Cc2nnc(-c3ccccc3)o2)cc1. The van der Waals surface area contributed by atoms with Crippen LogP contribution < -0.4 is 9.64 Å². The van der Waals surface area contributed by atoms with Crippen molar-refractivity contribution in [1.29, 1.82) is 0 Å². The first kappa shape index (κ1) is 17.8. The quantitative estimate of drug-likeness (QED) is 0.460. The average molecular weight is 371 g/mol. The van der Waals surface area contributed by atoms with Crippen LogP contribution in [0.25, 0.3) is 11.5 Å². The second-order valence-corrected chi connectivity index (χ2v) is 6.41. The first-order chi connectivity index (χ1) is 13.8. The second kappa shape index (κ2) is 8.39. The lowest BCUT2D eigenvalue weighted by atomic mass is 10.2. The molecule has 28 heavy (non-hydrogen) atoms. The van der Waals surface area contributed by atoms with Gasteiger partial charge in [0.25, 0.3) is 0 Å². The molecule has 0 saturated carbocycles. The molecule has 5 nitrogen and oxygen atoms in total. The van der Waals surface area contributed by atoms with Crippen molar-refractivity contribution in [2.24, 2.45) is 0 Å². The van der Waals surface area contributed by atoms with E-state index < -0.39 is 0 Å². The van der Waals surface area contributed by atoms with Gasteiger partial charge in [-0.15, -0.1) is 10.2 Å². The van der Waals surface area contributed by atoms with Crippen LogP contribution in [0.2, 0.25) is 0 Å². The highest BCUT2D eigenvalue weighted by Crippen LogP contribution is 2.24. The van der Waals surface area contributed by atoms with Gasteiger partial charge in [0.05, 0.1) is 13.7 Å². The zero-order chi connectivity index (χ0) is 19.2. The molecule has 140 valence electrons. The fourth-order valence-corrected chi connectivity index (χ4v) is 3.01. The Labute approximate surface area is 164 Å². The van der Waals surface area contributed by atoms with Gasteiger partial charge in [-0.3, -0.25) is 0 Å². The minimum absolute atomic E-state index is 0.515. The van der Waals surface area contributed by atoms with Crippen LogP contribution in [0.3, 0.4) is 0 Å². The minimum atomic E-state index is 0.515. The summed E-state index contributed by atoms with van der Waals surface area (Å²) in [7, 11) is 1.67. The summed E-state index contributed by atoms with van der Waals surface area (Å²) >= 11 is 0. The Hall–Kier alpha value is -3.60. The Morgan fingerprint density at radius 3 is 2.14 bits per heavy atom. The van der Waals surface area contributed by atoms with E-state index in [4.69, 9.17) is 9.15 Å². The third-order valence-corrected chi connectivity index (χ3v) is 4.47. The maximum Gasteiger partial charge on any atom is 0.247 e. The summed E-state index contributed by atoms with van der Waals surface area (Å²) in [6.45, 7) is 1.25. The van der Waals surface area contributed by atoms with Gasteiger partial charge < -0.3 is 14.1 Å². The van der Waals surface area contributed by atoms with Crippen molar-refractivity contribution < 1.29 is 9.15 Å². The lowest BCUT2D eigenvalue weighted by Gasteiger charge is -2.23. The zero-order valence-corrected chi connectivity index (χ0v) is 15.7. The van der Waals surface area contributed by atoms with Crippen LogP contribution in [0.5, 0.6) is 5.75 Å². The third-order valence-electron chi connectivity index (χ3n) is 4.47. The van der Waals surface area contributed by atoms with Gasteiger partial charge in [-0.2, -0.15) is 0 Å². The monoisotopic (exact) mass is 371 g/mol. The van der Waals surface area contributed by atoms with Crippen LogP contribution in [0.15, 0.2) is 89.3 Å². The van der Waals surface area contributed by atoms with Gasteiger partial charge >= 0.3 is 0 Å². The Morgan fingerprint density at radius 1 is 0.786 bits per heavy atom. The molecule has 0 amide bonds. The number of hydrogen-bond acceptors (Lipinski definition) is 5. The number of methoxy groups -OCH3 is 1. The topological polar surface area (TPSA) is 51.4 Å². The molecule has 5 heteroatoms. The summed E-state index contributed by atoms with van der Waals surface area (Å²) in [5.41, 5.74) is 3.19. The minimum Gasteiger partial charge on any atom is -0.497 e. The number of aromatic nitrogens is 2. The molecule has 0 aliphatic carbocycles. The largest absolute Gasteiger partial charge is 0.497 e. The van der Waals surface area contributed by atoms with Gasteiger partial charge in [0, 0.05) is 17.8 Å². The molecule has 0 unspecified atom stereocenters. The Bertz CT molecular complexity index is 999. The third kappa shape index (κ3) is 4.20. The van der Waals surface area contributed by atoms with Crippen LogP contribution in [-0.4, -0.2) is 17.3 Å². The van der Waals surface area contributed by atoms with Gasteiger partial charge in [-0.05, 0) is 42.0 Å². The molecule has 1 aromatic heterocycles. The molecule has 0 aliphatic heterocycles. The van der Waals surface area contributed by atoms with E-state index in [2.05, 4.69) is 27.2 Å². The molecule has 4 aromatic rings. The van der Waals surface area contributed by atoms with E-state index in [0.29, 0.717) is 18.3 Å². The fraction of sp³-hybridized carbons (Fsp3) is 0.130. The van der Waals surface area contributed by atoms with Crippen LogP contribution in [0, 0.1) is 0 Å². The summed E-state index contributed by atoms with van der Waals surface area (Å²) in [4.78, 5) is 2.21. The molecule has 0 spiro atoms. The highest BCUT2D eigenvalue weighted by Gasteiger charge is 2.14. The number of anilines is 1. The van der Waals surface area contributed by atoms with E-state index >= 15 is 0 Å². The zero-order valence-electron chi connectivity index (χ0n) is 15.7. The number of rotatable bonds is 7. The molecule has 0 bridgehead atoms. The summed E-state index contributed by atoms with van der Waals surface area (Å²) < 4.78 is 11.2. The summed E-state index contributed by atoms with van der Waals surface area (Å²) in [6, 6.07) is 28.1. The molecule has 0 atom stereocenters. The number of ether oxygens (including phenoxy) is 1. The van der Waals surface area contributed by atoms with E-state index in [9.17, 15) is 0 Å². The lowest BCUT2D eigenvalue weighted by Crippen LogP contribution is -2.22. The first-order valence-electron chi connectivity index (χ1n) is 9.12. The Balaban J connectivity index is 1.59. The van der Waals surface area contributed by atoms with E-state index in [1.165, 1.54) is 5.56 Å². The standard InChI is InChI=1S/C23H21N3O2/c1-27-21-14-12-20(13-15-21)26(16-18-8-4-2-5-9-18)17-22-24-25-23(28-22)19-10-6-3-7-11-19/h2-15H,16-17H2,1H3. The molecule has 0 N–H and O–H groups in total. The van der Waals surface area contributed by atoms with Crippen molar-refractivity contribution in [2.75, 3.05) is 12.0 Å². The van der Waals surface area contributed by atoms with E-state index in [0.717, 1.165) is 23.5 Å². The highest BCUT2D eigenvalue weighted by molar-refractivity contribution is 5.52. The van der Waals surface area contributed by atoms with Gasteiger partial charge in [-0.25, -0.2) is 0 Å². The molecular formula is C23H21N3O2. The fourth-order valence-electron chi connectivity index (χ4n) is 3.01. The van der Waals surface area contributed by atoms with Gasteiger partial charge in [0.2, 0.25) is 11.8 Å². The maximum absolute atomic E-state index is 5.92. The van der Waals surface area contributed by atoms with Crippen molar-refractivity contribution >= 4 is 5.69 Å². The summed E-state index contributed by atoms with van der Waals surface area (Å²) in [5.74, 6) is 1.93. The molecule has 0 aliphatic rings. The van der Waals surface area contributed by atoms with Crippen molar-refractivity contribution in [2.45, 2.75) is 13.1 Å². The normalized spacial score (nSPS) is 10.6. The van der Waals surface area contributed by atoms with Crippen LogP contribution in [0.4, 0.5) is 5.69 Å². The van der Waals surface area contributed by atoms with Gasteiger partial charge in [-0.1, -0.05) is 48.5 Å². The smallest absolute Gasteiger partial charge is 0.247 e. The molecule has 0 fully saturated rings. The number of benzene rings is 3. The summed E-state index contributed by atoms with van der Waals surface area (Å²) in [6.07, 6.45) is 0. The molecule has 0 radical (unpaired) electrons. The number of nitrogens with zero attached hydrogens (tertiary/aromatic N) is 3. The molecule has 4 rings (SSSR count). The van der Waals surface area contributed by atoms with Crippen LogP contribution >= 0.6 is 0 Å². The second-order valence-electron chi connectivity index (χ2n) is 6.41. The van der Waals surface area contributed by atoms with Crippen molar-refractivity contribution in [3.8, 4) is 17.2 Å². The lowest BCUT2D eigenvalue weighted by molar-refractivity contribution is 0.415. The van der Waals surface area contributed by atoms with Gasteiger partial charge in [0.1, 0.15) is 5.75 Å². The number of hydrogen-bond donors (Lipinski definition) is 0. The van der Waals surface area contributed by atoms with E-state index in [1.807, 2.05) is 72.8 Å². The van der Waals surface area contributed by atoms with Crippen LogP contribution in [0.1, 0.15) is 11.5 Å². The molecule has 3 aromatic carbocycles. The summed E-state index contributed by atoms with van der Waals surface area (Å²) in [5, 5.41) is 8.45. The molecular weight excluding hydrogens is 350 g/mol. The molecule has 0 saturated heterocycles. The van der Waals surface area contributed by atoms with Gasteiger partial charge in [0.15, 0.2) is 0 Å². The van der Waals surface area contributed by atoms with Crippen LogP contribution in [-0.2, 0) is 13.1 Å². The van der Waals surface area contributed by atoms with Crippen molar-refractivity contribution in [3.05, 3.63) is 96.4 Å².